The third kappa shape index (κ3) is 3.54. The zero-order valence-electron chi connectivity index (χ0n) is 13.5. The van der Waals surface area contributed by atoms with Crippen LogP contribution in [0.3, 0.4) is 0 Å². The van der Waals surface area contributed by atoms with Crippen LogP contribution in [0, 0.1) is 5.92 Å². The molecule has 1 N–H and O–H groups in total. The first kappa shape index (κ1) is 16.7. The summed E-state index contributed by atoms with van der Waals surface area (Å²) in [5, 5.41) is -0.452. The molecule has 130 valence electrons. The van der Waals surface area contributed by atoms with Crippen molar-refractivity contribution in [3.8, 4) is 0 Å². The Morgan fingerprint density at radius 3 is 2.13 bits per heavy atom. The SMILES string of the molecule is O=C(NS(=O)(=O)C1CCCC1)[C@@H]1CCCN1C(=O)C1CCCC1. The minimum atomic E-state index is -3.60. The molecule has 3 rings (SSSR count). The summed E-state index contributed by atoms with van der Waals surface area (Å²) in [5.41, 5.74) is 0. The Hall–Kier alpha value is -1.11. The molecule has 2 saturated carbocycles. The second kappa shape index (κ2) is 6.79. The topological polar surface area (TPSA) is 83.6 Å². The van der Waals surface area contributed by atoms with Gasteiger partial charge in [0.05, 0.1) is 5.25 Å². The molecule has 0 aromatic heterocycles. The van der Waals surface area contributed by atoms with Crippen LogP contribution in [0.4, 0.5) is 0 Å². The van der Waals surface area contributed by atoms with E-state index >= 15 is 0 Å². The fraction of sp³-hybridized carbons (Fsp3) is 0.875. The molecule has 1 aliphatic heterocycles. The van der Waals surface area contributed by atoms with Gasteiger partial charge in [0.2, 0.25) is 15.9 Å². The molecule has 1 heterocycles. The predicted molar refractivity (Wildman–Crippen MR) is 86.0 cm³/mol. The molecule has 0 bridgehead atoms. The maximum Gasteiger partial charge on any atom is 0.256 e. The first-order valence-corrected chi connectivity index (χ1v) is 10.4. The van der Waals surface area contributed by atoms with Gasteiger partial charge in [-0.05, 0) is 38.5 Å². The van der Waals surface area contributed by atoms with Crippen LogP contribution >= 0.6 is 0 Å². The lowest BCUT2D eigenvalue weighted by molar-refractivity contribution is -0.140. The van der Waals surface area contributed by atoms with Crippen molar-refractivity contribution >= 4 is 21.8 Å². The number of nitrogens with one attached hydrogen (secondary N) is 1. The molecule has 0 aromatic carbocycles. The summed E-state index contributed by atoms with van der Waals surface area (Å²) >= 11 is 0. The summed E-state index contributed by atoms with van der Waals surface area (Å²) in [6.07, 6.45) is 8.29. The average Bonchev–Trinajstić information content (AvgIpc) is 3.26. The molecule has 1 saturated heterocycles. The maximum atomic E-state index is 12.6. The first-order chi connectivity index (χ1) is 11.0. The Kier molecular flexibility index (Phi) is 4.94. The van der Waals surface area contributed by atoms with Crippen molar-refractivity contribution in [3.63, 3.8) is 0 Å². The molecule has 23 heavy (non-hydrogen) atoms. The lowest BCUT2D eigenvalue weighted by Gasteiger charge is -2.27. The fourth-order valence-corrected chi connectivity index (χ4v) is 5.74. The Bertz CT molecular complexity index is 563. The van der Waals surface area contributed by atoms with Gasteiger partial charge in [0.1, 0.15) is 6.04 Å². The number of nitrogens with zero attached hydrogens (tertiary/aromatic N) is 1. The van der Waals surface area contributed by atoms with E-state index in [9.17, 15) is 18.0 Å². The molecule has 0 spiro atoms. The van der Waals surface area contributed by atoms with Gasteiger partial charge in [0.15, 0.2) is 0 Å². The normalized spacial score (nSPS) is 26.8. The lowest BCUT2D eigenvalue weighted by Crippen LogP contribution is -2.50. The highest BCUT2D eigenvalue weighted by molar-refractivity contribution is 7.90. The van der Waals surface area contributed by atoms with Crippen LogP contribution in [-0.4, -0.2) is 43.0 Å². The second-order valence-electron chi connectivity index (χ2n) is 7.09. The third-order valence-electron chi connectivity index (χ3n) is 5.53. The average molecular weight is 342 g/mol. The van der Waals surface area contributed by atoms with E-state index in [1.54, 1.807) is 4.90 Å². The summed E-state index contributed by atoms with van der Waals surface area (Å²) in [7, 11) is -3.60. The van der Waals surface area contributed by atoms with Crippen LogP contribution in [0.5, 0.6) is 0 Å². The monoisotopic (exact) mass is 342 g/mol. The van der Waals surface area contributed by atoms with Crippen molar-refractivity contribution in [2.45, 2.75) is 75.5 Å². The van der Waals surface area contributed by atoms with Crippen molar-refractivity contribution in [3.05, 3.63) is 0 Å². The second-order valence-corrected chi connectivity index (χ2v) is 9.05. The molecule has 2 aliphatic carbocycles. The van der Waals surface area contributed by atoms with Crippen molar-refractivity contribution in [1.29, 1.82) is 0 Å². The fourth-order valence-electron chi connectivity index (χ4n) is 4.20. The highest BCUT2D eigenvalue weighted by Crippen LogP contribution is 2.30. The molecule has 0 aromatic rings. The number of hydrogen-bond acceptors (Lipinski definition) is 4. The van der Waals surface area contributed by atoms with Gasteiger partial charge in [-0.25, -0.2) is 8.42 Å². The van der Waals surface area contributed by atoms with Crippen LogP contribution in [0.2, 0.25) is 0 Å². The van der Waals surface area contributed by atoms with E-state index in [0.717, 1.165) is 44.9 Å². The highest BCUT2D eigenvalue weighted by Gasteiger charge is 2.40. The van der Waals surface area contributed by atoms with Gasteiger partial charge >= 0.3 is 0 Å². The summed E-state index contributed by atoms with van der Waals surface area (Å²) < 4.78 is 26.8. The number of carbonyl (C=O) groups excluding carboxylic acids is 2. The number of rotatable bonds is 4. The van der Waals surface area contributed by atoms with Gasteiger partial charge in [0, 0.05) is 12.5 Å². The standard InChI is InChI=1S/C16H26N2O4S/c19-15(17-23(21,22)13-8-3-4-9-13)14-10-5-11-18(14)16(20)12-6-1-2-7-12/h12-14H,1-11H2,(H,17,19)/t14-/m0/s1. The Morgan fingerprint density at radius 1 is 0.870 bits per heavy atom. The maximum absolute atomic E-state index is 12.6. The number of amides is 2. The quantitative estimate of drug-likeness (QED) is 0.840. The van der Waals surface area contributed by atoms with Gasteiger partial charge in [-0.3, -0.25) is 14.3 Å². The summed E-state index contributed by atoms with van der Waals surface area (Å²) in [6, 6.07) is -0.612. The van der Waals surface area contributed by atoms with Gasteiger partial charge in [-0.15, -0.1) is 0 Å². The first-order valence-electron chi connectivity index (χ1n) is 8.85. The van der Waals surface area contributed by atoms with Gasteiger partial charge < -0.3 is 4.90 Å². The molecular weight excluding hydrogens is 316 g/mol. The molecule has 0 radical (unpaired) electrons. The van der Waals surface area contributed by atoms with Crippen molar-refractivity contribution in [1.82, 2.24) is 9.62 Å². The summed E-state index contributed by atoms with van der Waals surface area (Å²) in [6.45, 7) is 0.566. The Labute approximate surface area is 138 Å². The van der Waals surface area contributed by atoms with Crippen molar-refractivity contribution in [2.75, 3.05) is 6.54 Å². The van der Waals surface area contributed by atoms with E-state index in [0.29, 0.717) is 25.8 Å². The molecule has 3 aliphatic rings. The zero-order chi connectivity index (χ0) is 16.4. The summed E-state index contributed by atoms with van der Waals surface area (Å²) in [4.78, 5) is 26.7. The Morgan fingerprint density at radius 2 is 1.48 bits per heavy atom. The predicted octanol–water partition coefficient (Wildman–Crippen LogP) is 1.56. The van der Waals surface area contributed by atoms with Crippen molar-refractivity contribution < 1.29 is 18.0 Å². The number of carbonyl (C=O) groups is 2. The van der Waals surface area contributed by atoms with Crippen LogP contribution in [0.1, 0.15) is 64.2 Å². The molecule has 6 nitrogen and oxygen atoms in total. The minimum Gasteiger partial charge on any atom is -0.330 e. The largest absolute Gasteiger partial charge is 0.330 e. The molecular formula is C16H26N2O4S. The van der Waals surface area contributed by atoms with Crippen LogP contribution in [0.15, 0.2) is 0 Å². The molecule has 3 fully saturated rings. The van der Waals surface area contributed by atoms with Crippen molar-refractivity contribution in [2.24, 2.45) is 5.92 Å². The third-order valence-corrected chi connectivity index (χ3v) is 7.36. The van der Waals surface area contributed by atoms with E-state index in [-0.39, 0.29) is 11.8 Å². The Balaban J connectivity index is 1.64. The zero-order valence-corrected chi connectivity index (χ0v) is 14.3. The number of likely N-dealkylation sites (tertiary alicyclic amines) is 1. The summed E-state index contributed by atoms with van der Waals surface area (Å²) in [5.74, 6) is -0.450. The van der Waals surface area contributed by atoms with E-state index in [1.807, 2.05) is 0 Å². The van der Waals surface area contributed by atoms with Gasteiger partial charge in [-0.1, -0.05) is 25.7 Å². The van der Waals surface area contributed by atoms with Crippen LogP contribution in [-0.2, 0) is 19.6 Å². The van der Waals surface area contributed by atoms with E-state index in [1.165, 1.54) is 0 Å². The molecule has 7 heteroatoms. The highest BCUT2D eigenvalue weighted by atomic mass is 32.2. The lowest BCUT2D eigenvalue weighted by atomic mass is 10.1. The number of hydrogen-bond donors (Lipinski definition) is 1. The van der Waals surface area contributed by atoms with E-state index < -0.39 is 27.2 Å². The minimum absolute atomic E-state index is 0.0230. The smallest absolute Gasteiger partial charge is 0.256 e. The molecule has 0 unspecified atom stereocenters. The molecule has 1 atom stereocenters. The van der Waals surface area contributed by atoms with E-state index in [4.69, 9.17) is 0 Å². The van der Waals surface area contributed by atoms with Gasteiger partial charge in [0.25, 0.3) is 5.91 Å². The molecule has 2 amide bonds. The van der Waals surface area contributed by atoms with Crippen LogP contribution < -0.4 is 4.72 Å². The number of sulfonamides is 1. The van der Waals surface area contributed by atoms with Crippen LogP contribution in [0.25, 0.3) is 0 Å². The van der Waals surface area contributed by atoms with E-state index in [2.05, 4.69) is 4.72 Å². The van der Waals surface area contributed by atoms with Gasteiger partial charge in [-0.2, -0.15) is 0 Å².